The van der Waals surface area contributed by atoms with Crippen LogP contribution in [0.4, 0.5) is 5.69 Å². The summed E-state index contributed by atoms with van der Waals surface area (Å²) in [6.45, 7) is 4.74. The number of benzene rings is 1. The van der Waals surface area contributed by atoms with Gasteiger partial charge in [0.25, 0.3) is 0 Å². The molecule has 0 aliphatic carbocycles. The van der Waals surface area contributed by atoms with Crippen molar-refractivity contribution in [2.45, 2.75) is 102 Å². The summed E-state index contributed by atoms with van der Waals surface area (Å²) in [4.78, 5) is 11.4. The van der Waals surface area contributed by atoms with Gasteiger partial charge in [-0.2, -0.15) is 0 Å². The fourth-order valence-corrected chi connectivity index (χ4v) is 5.05. The molecule has 3 aliphatic heterocycles. The largest absolute Gasteiger partial charge is 0.394 e. The monoisotopic (exact) mass is 591 g/mol. The Morgan fingerprint density at radius 3 is 2.48 bits per heavy atom. The average molecular weight is 592 g/mol. The van der Waals surface area contributed by atoms with Gasteiger partial charge in [0.1, 0.15) is 48.8 Å². The minimum atomic E-state index is -1.61. The summed E-state index contributed by atoms with van der Waals surface area (Å²) in [6.07, 6.45) is -13.0. The molecule has 3 aliphatic rings. The van der Waals surface area contributed by atoms with Crippen LogP contribution in [0.15, 0.2) is 18.2 Å². The van der Waals surface area contributed by atoms with Gasteiger partial charge in [0.15, 0.2) is 18.9 Å². The molecule has 0 saturated carbocycles. The molecule has 0 radical (unpaired) electrons. The van der Waals surface area contributed by atoms with Crippen LogP contribution in [0, 0.1) is 5.92 Å². The second-order valence-electron chi connectivity index (χ2n) is 10.6. The predicted octanol–water partition coefficient (Wildman–Crippen LogP) is -0.126. The van der Waals surface area contributed by atoms with Gasteiger partial charge in [0.2, 0.25) is 5.91 Å². The number of aliphatic hydroxyl groups excluding tert-OH is 5. The maximum atomic E-state index is 11.4. The van der Waals surface area contributed by atoms with Gasteiger partial charge in [-0.3, -0.25) is 4.79 Å². The van der Waals surface area contributed by atoms with Gasteiger partial charge in [0, 0.05) is 13.3 Å². The summed E-state index contributed by atoms with van der Waals surface area (Å²) in [6, 6.07) is 4.81. The van der Waals surface area contributed by atoms with Crippen molar-refractivity contribution in [2.24, 2.45) is 5.92 Å². The zero-order valence-corrected chi connectivity index (χ0v) is 23.2. The molecule has 14 heteroatoms. The molecule has 3 saturated heterocycles. The van der Waals surface area contributed by atoms with E-state index in [1.165, 1.54) is 6.92 Å². The lowest BCUT2D eigenvalue weighted by Crippen LogP contribution is -2.66. The highest BCUT2D eigenvalue weighted by Crippen LogP contribution is 2.34. The minimum absolute atomic E-state index is 0.0839. The molecule has 13 nitrogen and oxygen atoms in total. The molecular formula is C26H38ClNO12. The smallest absolute Gasteiger partial charge is 0.221 e. The van der Waals surface area contributed by atoms with Crippen LogP contribution in [-0.2, 0) is 39.8 Å². The number of ether oxygens (including phenoxy) is 6. The molecule has 6 N–H and O–H groups in total. The zero-order chi connectivity index (χ0) is 29.1. The molecular weight excluding hydrogens is 554 g/mol. The minimum Gasteiger partial charge on any atom is -0.394 e. The van der Waals surface area contributed by atoms with Crippen LogP contribution >= 0.6 is 11.6 Å². The summed E-state index contributed by atoms with van der Waals surface area (Å²) < 4.78 is 34.4. The number of rotatable bonds is 9. The van der Waals surface area contributed by atoms with Crippen molar-refractivity contribution < 1.29 is 58.7 Å². The number of hydrogen-bond donors (Lipinski definition) is 6. The van der Waals surface area contributed by atoms with E-state index in [0.717, 1.165) is 0 Å². The first-order valence-electron chi connectivity index (χ1n) is 13.2. The Balaban J connectivity index is 1.37. The Labute approximate surface area is 236 Å². The number of carbonyl (C=O) groups excluding carboxylic acids is 1. The lowest BCUT2D eigenvalue weighted by Gasteiger charge is -2.48. The fraction of sp³-hybridized carbons (Fsp3) is 0.731. The molecule has 226 valence electrons. The Kier molecular flexibility index (Phi) is 10.8. The normalized spacial score (nSPS) is 38.2. The third-order valence-corrected chi connectivity index (χ3v) is 7.26. The van der Waals surface area contributed by atoms with E-state index in [0.29, 0.717) is 28.6 Å². The number of halogens is 1. The first-order valence-corrected chi connectivity index (χ1v) is 13.6. The van der Waals surface area contributed by atoms with Crippen LogP contribution in [-0.4, -0.2) is 112 Å². The molecule has 1 amide bonds. The number of hydrogen-bond acceptors (Lipinski definition) is 12. The van der Waals surface area contributed by atoms with E-state index in [2.05, 4.69) is 5.32 Å². The van der Waals surface area contributed by atoms with E-state index >= 15 is 0 Å². The van der Waals surface area contributed by atoms with E-state index in [1.54, 1.807) is 18.2 Å². The highest BCUT2D eigenvalue weighted by Gasteiger charge is 2.52. The zero-order valence-electron chi connectivity index (χ0n) is 22.5. The quantitative estimate of drug-likeness (QED) is 0.224. The first-order chi connectivity index (χ1) is 19.0. The van der Waals surface area contributed by atoms with Gasteiger partial charge in [-0.25, -0.2) is 0 Å². The van der Waals surface area contributed by atoms with E-state index in [9.17, 15) is 30.3 Å². The number of aliphatic hydroxyl groups is 5. The first kappa shape index (κ1) is 31.5. The van der Waals surface area contributed by atoms with Crippen molar-refractivity contribution in [3.8, 4) is 0 Å². The molecule has 40 heavy (non-hydrogen) atoms. The fourth-order valence-electron chi connectivity index (χ4n) is 4.88. The second-order valence-corrected chi connectivity index (χ2v) is 11.0. The van der Waals surface area contributed by atoms with E-state index in [1.807, 2.05) is 13.8 Å². The SMILES string of the molecule is CC(=O)Nc1cc(CO[C@@H]2O[C@H](CO)[C@@H](O[C@H]3O[C@@H]4COC(CC(C)C)O[C@H]4[C@H](O)[C@H]3O)[C@H](O)[C@H]2O)ccc1Cl. The molecule has 4 rings (SSSR count). The lowest BCUT2D eigenvalue weighted by atomic mass is 9.96. The predicted molar refractivity (Wildman–Crippen MR) is 138 cm³/mol. The van der Waals surface area contributed by atoms with E-state index in [-0.39, 0.29) is 19.1 Å². The van der Waals surface area contributed by atoms with Crippen LogP contribution in [0.3, 0.4) is 0 Å². The van der Waals surface area contributed by atoms with Crippen molar-refractivity contribution in [2.75, 3.05) is 18.5 Å². The Morgan fingerprint density at radius 2 is 1.80 bits per heavy atom. The third-order valence-electron chi connectivity index (χ3n) is 6.93. The topological polar surface area (TPSA) is 186 Å². The standard InChI is InChI=1S/C26H38ClNO12/c1-11(2)6-18-35-10-17-24(39-18)20(32)22(34)26(38-17)40-23-16(8-29)37-25(21(33)19(23)31)36-9-13-4-5-14(27)15(7-13)28-12(3)30/h4-5,7,11,16-26,29,31-34H,6,8-10H2,1-3H3,(H,28,30)/t16-,17-,18?,19-,20-,21-,22-,23-,24-,25-,26-/m1/s1. The molecule has 0 spiro atoms. The van der Waals surface area contributed by atoms with Gasteiger partial charge in [-0.1, -0.05) is 31.5 Å². The van der Waals surface area contributed by atoms with Gasteiger partial charge in [-0.05, 0) is 23.6 Å². The lowest BCUT2D eigenvalue weighted by molar-refractivity contribution is -0.385. The Bertz CT molecular complexity index is 996. The Morgan fingerprint density at radius 1 is 1.07 bits per heavy atom. The molecule has 1 unspecified atom stereocenters. The molecule has 1 aromatic carbocycles. The molecule has 3 fully saturated rings. The van der Waals surface area contributed by atoms with Crippen LogP contribution in [0.5, 0.6) is 0 Å². The molecule has 3 heterocycles. The maximum absolute atomic E-state index is 11.4. The van der Waals surface area contributed by atoms with Crippen LogP contribution in [0.2, 0.25) is 5.02 Å². The van der Waals surface area contributed by atoms with E-state index in [4.69, 9.17) is 40.0 Å². The van der Waals surface area contributed by atoms with Crippen molar-refractivity contribution in [1.82, 2.24) is 0 Å². The molecule has 0 bridgehead atoms. The summed E-state index contributed by atoms with van der Waals surface area (Å²) in [7, 11) is 0. The van der Waals surface area contributed by atoms with Crippen LogP contribution < -0.4 is 5.32 Å². The summed E-state index contributed by atoms with van der Waals surface area (Å²) in [5.41, 5.74) is 0.967. The summed E-state index contributed by atoms with van der Waals surface area (Å²) >= 11 is 6.09. The highest BCUT2D eigenvalue weighted by atomic mass is 35.5. The third kappa shape index (κ3) is 7.30. The summed E-state index contributed by atoms with van der Waals surface area (Å²) in [5.74, 6) is -0.0148. The number of amides is 1. The van der Waals surface area contributed by atoms with Gasteiger partial charge in [-0.15, -0.1) is 0 Å². The number of carbonyl (C=O) groups is 1. The Hall–Kier alpha value is -1.46. The number of nitrogens with one attached hydrogen (secondary N) is 1. The van der Waals surface area contributed by atoms with Crippen molar-refractivity contribution in [3.63, 3.8) is 0 Å². The van der Waals surface area contributed by atoms with Crippen molar-refractivity contribution in [1.29, 1.82) is 0 Å². The maximum Gasteiger partial charge on any atom is 0.221 e. The highest BCUT2D eigenvalue weighted by molar-refractivity contribution is 6.33. The van der Waals surface area contributed by atoms with E-state index < -0.39 is 74.3 Å². The molecule has 1 aromatic rings. The van der Waals surface area contributed by atoms with Gasteiger partial charge in [0.05, 0.1) is 30.5 Å². The van der Waals surface area contributed by atoms with Gasteiger partial charge < -0.3 is 59.3 Å². The van der Waals surface area contributed by atoms with Crippen LogP contribution in [0.25, 0.3) is 0 Å². The number of fused-ring (bicyclic) bond motifs is 1. The average Bonchev–Trinajstić information content (AvgIpc) is 2.90. The molecule has 0 aromatic heterocycles. The number of anilines is 1. The molecule has 11 atom stereocenters. The summed E-state index contributed by atoms with van der Waals surface area (Å²) in [5, 5.41) is 55.9. The van der Waals surface area contributed by atoms with Gasteiger partial charge >= 0.3 is 0 Å². The second kappa shape index (κ2) is 13.7. The van der Waals surface area contributed by atoms with Crippen molar-refractivity contribution in [3.05, 3.63) is 28.8 Å². The van der Waals surface area contributed by atoms with Crippen LogP contribution in [0.1, 0.15) is 32.8 Å². The van der Waals surface area contributed by atoms with Crippen molar-refractivity contribution >= 4 is 23.2 Å².